The van der Waals surface area contributed by atoms with Gasteiger partial charge in [-0.15, -0.1) is 0 Å². The van der Waals surface area contributed by atoms with Crippen LogP contribution in [0.3, 0.4) is 0 Å². The Morgan fingerprint density at radius 2 is 1.67 bits per heavy atom. The standard InChI is InChI=1S/C17H25BO3/c1-14(12-19-13-15-9-7-6-8-10-15)11-18-20-16(2,3)17(4,5)21-18/h6-11H,12-13H2,1-5H3/b14-11+. The van der Waals surface area contributed by atoms with Crippen molar-refractivity contribution in [1.82, 2.24) is 0 Å². The molecule has 3 nitrogen and oxygen atoms in total. The zero-order valence-electron chi connectivity index (χ0n) is 13.7. The highest BCUT2D eigenvalue weighted by Crippen LogP contribution is 2.37. The SMILES string of the molecule is C/C(=C\B1OC(C)(C)C(C)(C)O1)COCc1ccccc1. The summed E-state index contributed by atoms with van der Waals surface area (Å²) >= 11 is 0. The predicted octanol–water partition coefficient (Wildman–Crippen LogP) is 3.78. The van der Waals surface area contributed by atoms with Crippen LogP contribution < -0.4 is 0 Å². The van der Waals surface area contributed by atoms with E-state index >= 15 is 0 Å². The molecule has 1 fully saturated rings. The first-order valence-corrected chi connectivity index (χ1v) is 7.45. The van der Waals surface area contributed by atoms with Gasteiger partial charge in [-0.05, 0) is 40.2 Å². The quantitative estimate of drug-likeness (QED) is 0.772. The van der Waals surface area contributed by atoms with Crippen LogP contribution in [0.15, 0.2) is 41.9 Å². The first-order chi connectivity index (χ1) is 9.80. The van der Waals surface area contributed by atoms with E-state index in [0.717, 1.165) is 5.57 Å². The van der Waals surface area contributed by atoms with Gasteiger partial charge in [0.2, 0.25) is 0 Å². The Morgan fingerprint density at radius 1 is 1.10 bits per heavy atom. The molecule has 1 heterocycles. The first-order valence-electron chi connectivity index (χ1n) is 7.45. The smallest absolute Gasteiger partial charge is 0.400 e. The molecule has 114 valence electrons. The fourth-order valence-electron chi connectivity index (χ4n) is 2.14. The maximum atomic E-state index is 5.95. The molecule has 1 aromatic rings. The monoisotopic (exact) mass is 288 g/mol. The molecule has 1 aliphatic rings. The molecular formula is C17H25BO3. The minimum atomic E-state index is -0.296. The van der Waals surface area contributed by atoms with Crippen LogP contribution >= 0.6 is 0 Å². The predicted molar refractivity (Wildman–Crippen MR) is 85.9 cm³/mol. The lowest BCUT2D eigenvalue weighted by Gasteiger charge is -2.32. The van der Waals surface area contributed by atoms with Crippen LogP contribution in [0.1, 0.15) is 40.2 Å². The zero-order valence-corrected chi connectivity index (χ0v) is 13.7. The second-order valence-electron chi connectivity index (χ2n) is 6.62. The molecule has 0 unspecified atom stereocenters. The molecule has 0 atom stereocenters. The average Bonchev–Trinajstić information content (AvgIpc) is 2.58. The largest absolute Gasteiger partial charge is 0.487 e. The van der Waals surface area contributed by atoms with Gasteiger partial charge in [0.05, 0.1) is 24.4 Å². The van der Waals surface area contributed by atoms with Crippen molar-refractivity contribution in [3.05, 3.63) is 47.4 Å². The molecule has 21 heavy (non-hydrogen) atoms. The Balaban J connectivity index is 1.83. The van der Waals surface area contributed by atoms with Gasteiger partial charge in [-0.25, -0.2) is 0 Å². The van der Waals surface area contributed by atoms with Crippen molar-refractivity contribution in [2.24, 2.45) is 0 Å². The third kappa shape index (κ3) is 4.19. The van der Waals surface area contributed by atoms with Gasteiger partial charge in [-0.3, -0.25) is 0 Å². The molecule has 1 aliphatic heterocycles. The lowest BCUT2D eigenvalue weighted by molar-refractivity contribution is 0.00578. The van der Waals surface area contributed by atoms with Gasteiger partial charge in [0.25, 0.3) is 0 Å². The van der Waals surface area contributed by atoms with Gasteiger partial charge < -0.3 is 14.0 Å². The highest BCUT2D eigenvalue weighted by atomic mass is 16.7. The van der Waals surface area contributed by atoms with Gasteiger partial charge in [0.1, 0.15) is 0 Å². The molecular weight excluding hydrogens is 263 g/mol. The normalized spacial score (nSPS) is 20.8. The van der Waals surface area contributed by atoms with E-state index in [1.54, 1.807) is 0 Å². The topological polar surface area (TPSA) is 27.7 Å². The molecule has 0 spiro atoms. The number of benzene rings is 1. The van der Waals surface area contributed by atoms with E-state index in [0.29, 0.717) is 13.2 Å². The van der Waals surface area contributed by atoms with E-state index in [1.165, 1.54) is 5.56 Å². The lowest BCUT2D eigenvalue weighted by Crippen LogP contribution is -2.41. The summed E-state index contributed by atoms with van der Waals surface area (Å²) in [5.74, 6) is 2.00. The van der Waals surface area contributed by atoms with Gasteiger partial charge >= 0.3 is 7.12 Å². The minimum absolute atomic E-state index is 0.292. The minimum Gasteiger partial charge on any atom is -0.400 e. The third-order valence-corrected chi connectivity index (χ3v) is 4.13. The molecule has 0 saturated carbocycles. The van der Waals surface area contributed by atoms with Gasteiger partial charge in [-0.2, -0.15) is 0 Å². The van der Waals surface area contributed by atoms with Crippen LogP contribution in [0.4, 0.5) is 0 Å². The van der Waals surface area contributed by atoms with Crippen LogP contribution in [-0.4, -0.2) is 24.9 Å². The van der Waals surface area contributed by atoms with E-state index in [2.05, 4.69) is 39.8 Å². The molecule has 0 aliphatic carbocycles. The molecule has 1 saturated heterocycles. The second kappa shape index (κ2) is 6.35. The van der Waals surface area contributed by atoms with Crippen LogP contribution in [0.25, 0.3) is 0 Å². The van der Waals surface area contributed by atoms with E-state index in [4.69, 9.17) is 14.0 Å². The Hall–Kier alpha value is -1.10. The summed E-state index contributed by atoms with van der Waals surface area (Å²) in [5, 5.41) is 0. The molecule has 2 rings (SSSR count). The van der Waals surface area contributed by atoms with Gasteiger partial charge in [0.15, 0.2) is 0 Å². The highest BCUT2D eigenvalue weighted by Gasteiger charge is 2.50. The number of rotatable bonds is 5. The average molecular weight is 288 g/mol. The molecule has 0 radical (unpaired) electrons. The summed E-state index contributed by atoms with van der Waals surface area (Å²) in [6.07, 6.45) is 0. The molecule has 0 bridgehead atoms. The fourth-order valence-corrected chi connectivity index (χ4v) is 2.14. The van der Waals surface area contributed by atoms with Crippen LogP contribution in [-0.2, 0) is 20.7 Å². The Morgan fingerprint density at radius 3 is 2.24 bits per heavy atom. The molecule has 0 N–H and O–H groups in total. The number of hydrogen-bond acceptors (Lipinski definition) is 3. The van der Waals surface area contributed by atoms with Crippen LogP contribution in [0.5, 0.6) is 0 Å². The van der Waals surface area contributed by atoms with Gasteiger partial charge in [0, 0.05) is 0 Å². The van der Waals surface area contributed by atoms with Crippen molar-refractivity contribution in [2.45, 2.75) is 52.4 Å². The number of hydrogen-bond donors (Lipinski definition) is 0. The summed E-state index contributed by atoms with van der Waals surface area (Å²) in [6, 6.07) is 10.2. The summed E-state index contributed by atoms with van der Waals surface area (Å²) < 4.78 is 17.6. The van der Waals surface area contributed by atoms with Crippen molar-refractivity contribution < 1.29 is 14.0 Å². The van der Waals surface area contributed by atoms with E-state index in [1.807, 2.05) is 31.1 Å². The molecule has 4 heteroatoms. The summed E-state index contributed by atoms with van der Waals surface area (Å²) in [5.41, 5.74) is 1.71. The maximum absolute atomic E-state index is 5.95. The van der Waals surface area contributed by atoms with E-state index in [-0.39, 0.29) is 18.3 Å². The molecule has 1 aromatic carbocycles. The van der Waals surface area contributed by atoms with Crippen LogP contribution in [0, 0.1) is 0 Å². The molecule has 0 amide bonds. The van der Waals surface area contributed by atoms with Crippen molar-refractivity contribution in [2.75, 3.05) is 6.61 Å². The van der Waals surface area contributed by atoms with E-state index < -0.39 is 0 Å². The fraction of sp³-hybridized carbons (Fsp3) is 0.529. The first kappa shape index (κ1) is 16.3. The van der Waals surface area contributed by atoms with Crippen molar-refractivity contribution in [1.29, 1.82) is 0 Å². The van der Waals surface area contributed by atoms with E-state index in [9.17, 15) is 0 Å². The highest BCUT2D eigenvalue weighted by molar-refractivity contribution is 6.51. The third-order valence-electron chi connectivity index (χ3n) is 4.13. The Bertz CT molecular complexity index is 478. The van der Waals surface area contributed by atoms with Gasteiger partial charge in [-0.1, -0.05) is 41.9 Å². The second-order valence-corrected chi connectivity index (χ2v) is 6.62. The summed E-state index contributed by atoms with van der Waals surface area (Å²) in [4.78, 5) is 0. The zero-order chi connectivity index (χ0) is 15.5. The van der Waals surface area contributed by atoms with Crippen molar-refractivity contribution in [3.8, 4) is 0 Å². The number of ether oxygens (including phenoxy) is 1. The van der Waals surface area contributed by atoms with Crippen molar-refractivity contribution >= 4 is 7.12 Å². The summed E-state index contributed by atoms with van der Waals surface area (Å²) in [7, 11) is -0.296. The van der Waals surface area contributed by atoms with Crippen LogP contribution in [0.2, 0.25) is 0 Å². The lowest BCUT2D eigenvalue weighted by atomic mass is 9.87. The molecule has 0 aromatic heterocycles. The Kier molecular flexibility index (Phi) is 4.92. The maximum Gasteiger partial charge on any atom is 0.487 e. The Labute approximate surface area is 128 Å². The summed E-state index contributed by atoms with van der Waals surface area (Å²) in [6.45, 7) is 11.5. The van der Waals surface area contributed by atoms with Crippen molar-refractivity contribution in [3.63, 3.8) is 0 Å².